The van der Waals surface area contributed by atoms with E-state index in [0.717, 1.165) is 47.9 Å². The third kappa shape index (κ3) is 5.50. The van der Waals surface area contributed by atoms with Gasteiger partial charge in [0.15, 0.2) is 0 Å². The van der Waals surface area contributed by atoms with Crippen LogP contribution in [0.3, 0.4) is 0 Å². The van der Waals surface area contributed by atoms with Crippen molar-refractivity contribution in [3.63, 3.8) is 0 Å². The molecule has 0 bridgehead atoms. The predicted molar refractivity (Wildman–Crippen MR) is 133 cm³/mol. The van der Waals surface area contributed by atoms with Gasteiger partial charge >= 0.3 is 12.1 Å². The summed E-state index contributed by atoms with van der Waals surface area (Å²) in [5.74, 6) is -1.41. The third-order valence-electron chi connectivity index (χ3n) is 7.56. The quantitative estimate of drug-likeness (QED) is 0.547. The van der Waals surface area contributed by atoms with Crippen LogP contribution in [0.5, 0.6) is 0 Å². The lowest BCUT2D eigenvalue weighted by Gasteiger charge is -2.28. The number of carbonyl (C=O) groups excluding carboxylic acids is 2. The summed E-state index contributed by atoms with van der Waals surface area (Å²) in [6.45, 7) is 1.82. The second-order valence-corrected chi connectivity index (χ2v) is 9.75. The van der Waals surface area contributed by atoms with Crippen LogP contribution in [0.25, 0.3) is 11.1 Å². The first-order valence-corrected chi connectivity index (χ1v) is 12.4. The highest BCUT2D eigenvalue weighted by molar-refractivity contribution is 5.85. The van der Waals surface area contributed by atoms with Crippen molar-refractivity contribution in [2.45, 2.75) is 51.0 Å². The summed E-state index contributed by atoms with van der Waals surface area (Å²) < 4.78 is 5.62. The van der Waals surface area contributed by atoms with Crippen molar-refractivity contribution in [2.75, 3.05) is 20.2 Å². The molecule has 0 spiro atoms. The molecule has 2 aromatic carbocycles. The molecule has 2 aromatic rings. The molecule has 0 aromatic heterocycles. The van der Waals surface area contributed by atoms with Gasteiger partial charge in [-0.1, -0.05) is 74.2 Å². The highest BCUT2D eigenvalue weighted by atomic mass is 16.5. The maximum absolute atomic E-state index is 13.1. The Hall–Kier alpha value is -3.35. The lowest BCUT2D eigenvalue weighted by molar-refractivity contribution is -0.150. The molecule has 2 aliphatic rings. The molecule has 2 unspecified atom stereocenters. The summed E-state index contributed by atoms with van der Waals surface area (Å²) in [5, 5.41) is 12.1. The lowest BCUT2D eigenvalue weighted by Crippen LogP contribution is -2.46. The van der Waals surface area contributed by atoms with Gasteiger partial charge < -0.3 is 20.1 Å². The fourth-order valence-electron chi connectivity index (χ4n) is 5.42. The molecule has 4 rings (SSSR count). The number of amides is 2. The number of ether oxygens (including phenoxy) is 1. The fourth-order valence-corrected chi connectivity index (χ4v) is 5.42. The van der Waals surface area contributed by atoms with E-state index >= 15 is 0 Å². The number of nitrogens with one attached hydrogen (secondary N) is 1. The Morgan fingerprint density at radius 1 is 1.03 bits per heavy atom. The highest BCUT2D eigenvalue weighted by Crippen LogP contribution is 2.44. The van der Waals surface area contributed by atoms with Crippen LogP contribution in [0, 0.1) is 11.8 Å². The summed E-state index contributed by atoms with van der Waals surface area (Å²) in [7, 11) is 1.51. The number of hydrogen-bond acceptors (Lipinski definition) is 4. The Morgan fingerprint density at radius 3 is 2.17 bits per heavy atom. The van der Waals surface area contributed by atoms with Crippen LogP contribution in [0.1, 0.15) is 56.1 Å². The van der Waals surface area contributed by atoms with E-state index in [4.69, 9.17) is 4.74 Å². The van der Waals surface area contributed by atoms with E-state index < -0.39 is 24.0 Å². The Kier molecular flexibility index (Phi) is 7.73. The minimum Gasteiger partial charge on any atom is -0.480 e. The number of aliphatic carboxylic acids is 1. The highest BCUT2D eigenvalue weighted by Gasteiger charge is 2.32. The summed E-state index contributed by atoms with van der Waals surface area (Å²) >= 11 is 0. The number of nitrogens with zero attached hydrogens (tertiary/aromatic N) is 1. The smallest absolute Gasteiger partial charge is 0.407 e. The molecule has 0 radical (unpaired) electrons. The molecule has 1 saturated carbocycles. The van der Waals surface area contributed by atoms with E-state index in [1.807, 2.05) is 24.3 Å². The third-order valence-corrected chi connectivity index (χ3v) is 7.56. The summed E-state index contributed by atoms with van der Waals surface area (Å²) in [6.07, 6.45) is 4.49. The van der Waals surface area contributed by atoms with Crippen LogP contribution >= 0.6 is 0 Å². The molecule has 2 N–H and O–H groups in total. The monoisotopic (exact) mass is 478 g/mol. The number of fused-ring (bicyclic) bond motifs is 3. The van der Waals surface area contributed by atoms with Crippen molar-refractivity contribution in [2.24, 2.45) is 11.8 Å². The van der Waals surface area contributed by atoms with Crippen molar-refractivity contribution < 1.29 is 24.2 Å². The van der Waals surface area contributed by atoms with Crippen LogP contribution in [-0.2, 0) is 14.3 Å². The van der Waals surface area contributed by atoms with E-state index in [1.54, 1.807) is 0 Å². The Labute approximate surface area is 206 Å². The molecule has 35 heavy (non-hydrogen) atoms. The van der Waals surface area contributed by atoms with Crippen molar-refractivity contribution in [3.05, 3.63) is 59.7 Å². The van der Waals surface area contributed by atoms with Crippen molar-refractivity contribution in [1.29, 1.82) is 0 Å². The van der Waals surface area contributed by atoms with Crippen LogP contribution in [0.15, 0.2) is 48.5 Å². The molecule has 186 valence electrons. The van der Waals surface area contributed by atoms with Gasteiger partial charge in [0.1, 0.15) is 12.6 Å². The largest absolute Gasteiger partial charge is 0.480 e. The average Bonchev–Trinajstić information content (AvgIpc) is 3.50. The first kappa shape index (κ1) is 24.8. The van der Waals surface area contributed by atoms with E-state index in [1.165, 1.54) is 18.9 Å². The standard InChI is InChI=1S/C28H34N2O5/c1-18(27(32)33)30(2)26(31)20(15-19-9-3-4-10-19)16-29-28(34)35-17-25-23-13-7-5-11-21(23)22-12-6-8-14-24(22)25/h5-8,11-14,18-20,25H,3-4,9-10,15-17H2,1-2H3,(H,29,34)(H,32,33). The molecule has 7 heteroatoms. The number of hydrogen-bond donors (Lipinski definition) is 2. The molecule has 2 aliphatic carbocycles. The van der Waals surface area contributed by atoms with Gasteiger partial charge in [0.25, 0.3) is 0 Å². The van der Waals surface area contributed by atoms with E-state index in [-0.39, 0.29) is 25.0 Å². The minimum atomic E-state index is -1.05. The molecule has 1 fully saturated rings. The number of carbonyl (C=O) groups is 3. The van der Waals surface area contributed by atoms with Gasteiger partial charge in [-0.3, -0.25) is 4.79 Å². The van der Waals surface area contributed by atoms with Crippen LogP contribution in [-0.4, -0.2) is 54.2 Å². The Morgan fingerprint density at radius 2 is 1.60 bits per heavy atom. The van der Waals surface area contributed by atoms with Crippen molar-refractivity contribution in [1.82, 2.24) is 10.2 Å². The van der Waals surface area contributed by atoms with Crippen LogP contribution in [0.2, 0.25) is 0 Å². The van der Waals surface area contributed by atoms with Crippen molar-refractivity contribution >= 4 is 18.0 Å². The Balaban J connectivity index is 1.38. The van der Waals surface area contributed by atoms with Gasteiger partial charge in [-0.15, -0.1) is 0 Å². The number of carboxylic acids is 1. The summed E-state index contributed by atoms with van der Waals surface area (Å²) in [5.41, 5.74) is 4.60. The normalized spacial score (nSPS) is 16.7. The first-order chi connectivity index (χ1) is 16.9. The second-order valence-electron chi connectivity index (χ2n) is 9.75. The van der Waals surface area contributed by atoms with Crippen LogP contribution < -0.4 is 5.32 Å². The number of carboxylic acid groups (broad SMARTS) is 1. The van der Waals surface area contributed by atoms with Gasteiger partial charge in [0.2, 0.25) is 5.91 Å². The molecular formula is C28H34N2O5. The van der Waals surface area contributed by atoms with Crippen molar-refractivity contribution in [3.8, 4) is 11.1 Å². The second kappa shape index (κ2) is 10.9. The zero-order valence-electron chi connectivity index (χ0n) is 20.4. The minimum absolute atomic E-state index is 0.0355. The zero-order valence-corrected chi connectivity index (χ0v) is 20.4. The zero-order chi connectivity index (χ0) is 24.9. The van der Waals surface area contributed by atoms with E-state index in [9.17, 15) is 19.5 Å². The average molecular weight is 479 g/mol. The number of benzene rings is 2. The number of rotatable bonds is 9. The molecule has 2 atom stereocenters. The van der Waals surface area contributed by atoms with Gasteiger partial charge in [0.05, 0.1) is 5.92 Å². The molecule has 2 amide bonds. The van der Waals surface area contributed by atoms with Crippen LogP contribution in [0.4, 0.5) is 4.79 Å². The Bertz CT molecular complexity index is 1030. The first-order valence-electron chi connectivity index (χ1n) is 12.4. The molecule has 0 aliphatic heterocycles. The fraction of sp³-hybridized carbons (Fsp3) is 0.464. The molecule has 7 nitrogen and oxygen atoms in total. The summed E-state index contributed by atoms with van der Waals surface area (Å²) in [4.78, 5) is 38.4. The van der Waals surface area contributed by atoms with Gasteiger partial charge in [-0.05, 0) is 41.5 Å². The predicted octanol–water partition coefficient (Wildman–Crippen LogP) is 4.65. The number of likely N-dealkylation sites (N-methyl/N-ethyl adjacent to an activating group) is 1. The lowest BCUT2D eigenvalue weighted by atomic mass is 9.91. The molecular weight excluding hydrogens is 444 g/mol. The molecule has 0 saturated heterocycles. The van der Waals surface area contributed by atoms with E-state index in [2.05, 4.69) is 29.6 Å². The van der Waals surface area contributed by atoms with Gasteiger partial charge in [0, 0.05) is 19.5 Å². The maximum Gasteiger partial charge on any atom is 0.407 e. The molecule has 0 heterocycles. The maximum atomic E-state index is 13.1. The SMILES string of the molecule is CC(C(=O)O)N(C)C(=O)C(CNC(=O)OCC1c2ccccc2-c2ccccc21)CC1CCCC1. The number of alkyl carbamates (subject to hydrolysis) is 1. The van der Waals surface area contributed by atoms with E-state index in [0.29, 0.717) is 12.3 Å². The summed E-state index contributed by atoms with van der Waals surface area (Å²) in [6, 6.07) is 15.4. The van der Waals surface area contributed by atoms with Gasteiger partial charge in [-0.2, -0.15) is 0 Å². The van der Waals surface area contributed by atoms with Gasteiger partial charge in [-0.25, -0.2) is 9.59 Å². The topological polar surface area (TPSA) is 95.9 Å².